The third-order valence-electron chi connectivity index (χ3n) is 4.29. The van der Waals surface area contributed by atoms with Gasteiger partial charge in [0.25, 0.3) is 0 Å². The van der Waals surface area contributed by atoms with Gasteiger partial charge in [-0.1, -0.05) is 13.3 Å². The molecule has 1 heterocycles. The molecule has 0 aromatic heterocycles. The molecule has 1 aromatic rings. The van der Waals surface area contributed by atoms with Gasteiger partial charge in [0.2, 0.25) is 0 Å². The van der Waals surface area contributed by atoms with E-state index in [2.05, 4.69) is 12.2 Å². The molecular weight excluding hydrogens is 308 g/mol. The molecule has 0 saturated heterocycles. The van der Waals surface area contributed by atoms with E-state index >= 15 is 0 Å². The Morgan fingerprint density at radius 2 is 2.17 bits per heavy atom. The lowest BCUT2D eigenvalue weighted by Gasteiger charge is -2.17. The number of ether oxygens (including phenoxy) is 2. The number of methoxy groups -OCH3 is 1. The van der Waals surface area contributed by atoms with Crippen LogP contribution in [0.3, 0.4) is 0 Å². The highest BCUT2D eigenvalue weighted by molar-refractivity contribution is 5.72. The molecule has 1 amide bonds. The molecule has 0 radical (unpaired) electrons. The van der Waals surface area contributed by atoms with Gasteiger partial charge in [-0.05, 0) is 36.6 Å². The molecule has 1 aliphatic rings. The van der Waals surface area contributed by atoms with E-state index in [-0.39, 0.29) is 18.0 Å². The predicted molar refractivity (Wildman–Crippen MR) is 92.5 cm³/mol. The van der Waals surface area contributed by atoms with Crippen LogP contribution < -0.4 is 10.1 Å². The maximum Gasteiger partial charge on any atom is 0.414 e. The largest absolute Gasteiger partial charge is 0.469 e. The molecule has 1 atom stereocenters. The minimum atomic E-state index is -0.347. The molecule has 132 valence electrons. The molecule has 24 heavy (non-hydrogen) atoms. The number of amides is 1. The highest BCUT2D eigenvalue weighted by atomic mass is 16.6. The summed E-state index contributed by atoms with van der Waals surface area (Å²) in [4.78, 5) is 25.0. The van der Waals surface area contributed by atoms with Gasteiger partial charge in [-0.3, -0.25) is 4.79 Å². The van der Waals surface area contributed by atoms with Crippen LogP contribution in [0.5, 0.6) is 5.75 Å². The van der Waals surface area contributed by atoms with Crippen LogP contribution in [-0.4, -0.2) is 44.2 Å². The Balaban J connectivity index is 1.99. The first-order chi connectivity index (χ1) is 11.5. The molecule has 1 aliphatic heterocycles. The summed E-state index contributed by atoms with van der Waals surface area (Å²) in [6.45, 7) is 3.55. The van der Waals surface area contributed by atoms with E-state index < -0.39 is 0 Å². The van der Waals surface area contributed by atoms with Gasteiger partial charge >= 0.3 is 12.1 Å². The quantitative estimate of drug-likeness (QED) is 0.774. The Morgan fingerprint density at radius 1 is 1.38 bits per heavy atom. The zero-order chi connectivity index (χ0) is 17.5. The van der Waals surface area contributed by atoms with Crippen LogP contribution in [0.4, 0.5) is 10.5 Å². The molecule has 6 heteroatoms. The van der Waals surface area contributed by atoms with Crippen molar-refractivity contribution >= 4 is 17.7 Å². The van der Waals surface area contributed by atoms with Crippen LogP contribution in [0.15, 0.2) is 18.2 Å². The highest BCUT2D eigenvalue weighted by Crippen LogP contribution is 2.36. The van der Waals surface area contributed by atoms with Gasteiger partial charge in [0, 0.05) is 38.2 Å². The van der Waals surface area contributed by atoms with Crippen LogP contribution in [0.1, 0.15) is 44.1 Å². The minimum Gasteiger partial charge on any atom is -0.469 e. The molecule has 0 aliphatic carbocycles. The van der Waals surface area contributed by atoms with Crippen molar-refractivity contribution in [3.8, 4) is 5.75 Å². The normalized spacial score (nSPS) is 15.4. The number of benzene rings is 1. The van der Waals surface area contributed by atoms with Crippen LogP contribution in [-0.2, 0) is 9.53 Å². The Morgan fingerprint density at radius 3 is 2.88 bits per heavy atom. The first-order valence-electron chi connectivity index (χ1n) is 8.42. The lowest BCUT2D eigenvalue weighted by Crippen LogP contribution is -2.30. The number of fused-ring (bicyclic) bond motifs is 1. The maximum atomic E-state index is 12.1. The fraction of sp³-hybridized carbons (Fsp3) is 0.556. The van der Waals surface area contributed by atoms with Gasteiger partial charge in [-0.15, -0.1) is 0 Å². The van der Waals surface area contributed by atoms with Gasteiger partial charge in [-0.25, -0.2) is 4.79 Å². The zero-order valence-electron chi connectivity index (χ0n) is 14.6. The number of unbranched alkanes of at least 4 members (excludes halogenated alkanes) is 1. The second kappa shape index (κ2) is 8.57. The van der Waals surface area contributed by atoms with E-state index in [0.29, 0.717) is 25.1 Å². The third kappa shape index (κ3) is 4.63. The van der Waals surface area contributed by atoms with Crippen molar-refractivity contribution < 1.29 is 19.1 Å². The second-order valence-electron chi connectivity index (χ2n) is 6.08. The molecule has 0 fully saturated rings. The third-order valence-corrected chi connectivity index (χ3v) is 4.29. The molecule has 1 aromatic carbocycles. The van der Waals surface area contributed by atoms with Crippen LogP contribution in [0, 0.1) is 0 Å². The molecule has 1 N–H and O–H groups in total. The lowest BCUT2D eigenvalue weighted by atomic mass is 9.96. The first-order valence-corrected chi connectivity index (χ1v) is 8.42. The predicted octanol–water partition coefficient (Wildman–Crippen LogP) is 3.38. The van der Waals surface area contributed by atoms with Gasteiger partial charge in [0.1, 0.15) is 5.75 Å². The fourth-order valence-corrected chi connectivity index (χ4v) is 2.76. The highest BCUT2D eigenvalue weighted by Gasteiger charge is 2.24. The second-order valence-corrected chi connectivity index (χ2v) is 6.08. The molecule has 2 rings (SSSR count). The average Bonchev–Trinajstić information content (AvgIpc) is 2.99. The van der Waals surface area contributed by atoms with Gasteiger partial charge in [0.05, 0.1) is 7.11 Å². The molecule has 0 saturated carbocycles. The van der Waals surface area contributed by atoms with Crippen molar-refractivity contribution in [2.45, 2.75) is 38.5 Å². The smallest absolute Gasteiger partial charge is 0.414 e. The fourth-order valence-electron chi connectivity index (χ4n) is 2.76. The summed E-state index contributed by atoms with van der Waals surface area (Å²) >= 11 is 0. The lowest BCUT2D eigenvalue weighted by molar-refractivity contribution is -0.140. The van der Waals surface area contributed by atoms with Crippen molar-refractivity contribution in [1.29, 1.82) is 0 Å². The number of rotatable bonds is 7. The van der Waals surface area contributed by atoms with E-state index in [1.807, 2.05) is 12.1 Å². The molecule has 0 bridgehead atoms. The molecule has 0 spiro atoms. The Bertz CT molecular complexity index is 588. The number of nitrogens with one attached hydrogen (secondary N) is 1. The van der Waals surface area contributed by atoms with Crippen molar-refractivity contribution in [3.63, 3.8) is 0 Å². The average molecular weight is 334 g/mol. The number of hydrogen-bond donors (Lipinski definition) is 1. The van der Waals surface area contributed by atoms with Crippen LogP contribution in [0.2, 0.25) is 0 Å². The van der Waals surface area contributed by atoms with E-state index in [4.69, 9.17) is 9.47 Å². The summed E-state index contributed by atoms with van der Waals surface area (Å²) in [5.74, 6) is 0.549. The number of esters is 1. The maximum absolute atomic E-state index is 12.1. The summed E-state index contributed by atoms with van der Waals surface area (Å²) in [5, 5.41) is 3.32. The summed E-state index contributed by atoms with van der Waals surface area (Å²) in [7, 11) is 3.14. The number of hydrogen-bond acceptors (Lipinski definition) is 5. The standard InChI is InChI=1S/C18H26N2O4/c1-4-5-10-20(2)18(22)24-14-7-8-16-15(11-14)13(12-19-16)6-9-17(21)23-3/h7-8,11,13,19H,4-6,9-10,12H2,1-3H3. The summed E-state index contributed by atoms with van der Waals surface area (Å²) < 4.78 is 10.2. The molecule has 1 unspecified atom stereocenters. The Kier molecular flexibility index (Phi) is 6.46. The topological polar surface area (TPSA) is 67.9 Å². The Labute approximate surface area is 143 Å². The SMILES string of the molecule is CCCCN(C)C(=O)Oc1ccc2c(c1)C(CCC(=O)OC)CN2. The summed E-state index contributed by atoms with van der Waals surface area (Å²) in [6, 6.07) is 5.60. The number of nitrogens with zero attached hydrogens (tertiary/aromatic N) is 1. The van der Waals surface area contributed by atoms with E-state index in [1.165, 1.54) is 7.11 Å². The van der Waals surface area contributed by atoms with Crippen molar-refractivity contribution in [1.82, 2.24) is 4.90 Å². The molecular formula is C18H26N2O4. The number of anilines is 1. The summed E-state index contributed by atoms with van der Waals surface area (Å²) in [6.07, 6.45) is 2.73. The van der Waals surface area contributed by atoms with Crippen molar-refractivity contribution in [2.75, 3.05) is 32.6 Å². The molecule has 6 nitrogen and oxygen atoms in total. The monoisotopic (exact) mass is 334 g/mol. The zero-order valence-corrected chi connectivity index (χ0v) is 14.6. The van der Waals surface area contributed by atoms with Gasteiger partial charge in [-0.2, -0.15) is 0 Å². The van der Waals surface area contributed by atoms with E-state index in [1.54, 1.807) is 18.0 Å². The van der Waals surface area contributed by atoms with Gasteiger partial charge in [0.15, 0.2) is 0 Å². The van der Waals surface area contributed by atoms with E-state index in [0.717, 1.165) is 30.6 Å². The Hall–Kier alpha value is -2.24. The van der Waals surface area contributed by atoms with Crippen molar-refractivity contribution in [3.05, 3.63) is 23.8 Å². The summed E-state index contributed by atoms with van der Waals surface area (Å²) in [5.41, 5.74) is 2.12. The number of carbonyl (C=O) groups excluding carboxylic acids is 2. The van der Waals surface area contributed by atoms with Crippen LogP contribution >= 0.6 is 0 Å². The minimum absolute atomic E-state index is 0.205. The van der Waals surface area contributed by atoms with E-state index in [9.17, 15) is 9.59 Å². The van der Waals surface area contributed by atoms with Crippen LogP contribution in [0.25, 0.3) is 0 Å². The van der Waals surface area contributed by atoms with Crippen molar-refractivity contribution in [2.24, 2.45) is 0 Å². The number of carbonyl (C=O) groups is 2. The van der Waals surface area contributed by atoms with Gasteiger partial charge < -0.3 is 19.7 Å². The first kappa shape index (κ1) is 18.1.